The Balaban J connectivity index is 2.19. The summed E-state index contributed by atoms with van der Waals surface area (Å²) < 4.78 is 5.28. The van der Waals surface area contributed by atoms with Crippen molar-refractivity contribution in [2.45, 2.75) is 13.0 Å². The summed E-state index contributed by atoms with van der Waals surface area (Å²) >= 11 is 1.49. The van der Waals surface area contributed by atoms with E-state index in [1.807, 2.05) is 17.5 Å². The highest BCUT2D eigenvalue weighted by Crippen LogP contribution is 2.23. The van der Waals surface area contributed by atoms with Crippen molar-refractivity contribution in [2.75, 3.05) is 0 Å². The molecule has 1 aromatic heterocycles. The molecule has 1 N–H and O–H groups in total. The molecule has 0 saturated carbocycles. The van der Waals surface area contributed by atoms with Crippen LogP contribution in [0.25, 0.3) is 0 Å². The van der Waals surface area contributed by atoms with Crippen LogP contribution >= 0.6 is 11.3 Å². The number of hydrogen-bond acceptors (Lipinski definition) is 4. The molecule has 0 aliphatic heterocycles. The van der Waals surface area contributed by atoms with Crippen LogP contribution in [0.3, 0.4) is 0 Å². The minimum Gasteiger partial charge on any atom is -0.478 e. The van der Waals surface area contributed by atoms with Crippen molar-refractivity contribution >= 4 is 23.3 Å². The van der Waals surface area contributed by atoms with E-state index in [1.165, 1.54) is 23.5 Å². The van der Waals surface area contributed by atoms with Gasteiger partial charge in [0.2, 0.25) is 0 Å². The number of hydrogen-bond donors (Lipinski definition) is 1. The molecule has 0 amide bonds. The van der Waals surface area contributed by atoms with E-state index < -0.39 is 18.0 Å². The molecule has 1 atom stereocenters. The number of carbonyl (C=O) groups is 2. The molecular weight excluding hydrogens is 264 g/mol. The fourth-order valence-corrected chi connectivity index (χ4v) is 2.36. The summed E-state index contributed by atoms with van der Waals surface area (Å²) in [7, 11) is 0. The van der Waals surface area contributed by atoms with Gasteiger partial charge in [-0.25, -0.2) is 9.59 Å². The van der Waals surface area contributed by atoms with Crippen molar-refractivity contribution in [3.8, 4) is 0 Å². The van der Waals surface area contributed by atoms with E-state index in [1.54, 1.807) is 19.1 Å². The Kier molecular flexibility index (Phi) is 3.97. The molecule has 5 heteroatoms. The predicted molar refractivity (Wildman–Crippen MR) is 71.6 cm³/mol. The van der Waals surface area contributed by atoms with Gasteiger partial charge in [-0.3, -0.25) is 0 Å². The quantitative estimate of drug-likeness (QED) is 0.870. The minimum absolute atomic E-state index is 0.0501. The van der Waals surface area contributed by atoms with Crippen LogP contribution in [0.4, 0.5) is 0 Å². The number of thiophene rings is 1. The summed E-state index contributed by atoms with van der Waals surface area (Å²) in [5.74, 6) is -1.77. The van der Waals surface area contributed by atoms with E-state index in [0.717, 1.165) is 4.88 Å². The second-order valence-corrected chi connectivity index (χ2v) is 4.89. The number of esters is 1. The van der Waals surface area contributed by atoms with Crippen LogP contribution in [0.5, 0.6) is 0 Å². The lowest BCUT2D eigenvalue weighted by molar-refractivity contribution is 0.0338. The first-order valence-corrected chi connectivity index (χ1v) is 6.54. The van der Waals surface area contributed by atoms with Crippen molar-refractivity contribution in [3.63, 3.8) is 0 Å². The molecule has 0 bridgehead atoms. The number of carboxylic acid groups (broad SMARTS) is 1. The van der Waals surface area contributed by atoms with Gasteiger partial charge >= 0.3 is 11.9 Å². The highest BCUT2D eigenvalue weighted by Gasteiger charge is 2.19. The van der Waals surface area contributed by atoms with E-state index in [4.69, 9.17) is 9.84 Å². The third-order valence-corrected chi connectivity index (χ3v) is 3.64. The van der Waals surface area contributed by atoms with E-state index in [-0.39, 0.29) is 11.1 Å². The first kappa shape index (κ1) is 13.3. The molecule has 98 valence electrons. The Morgan fingerprint density at radius 2 is 1.84 bits per heavy atom. The summed E-state index contributed by atoms with van der Waals surface area (Å²) in [6.45, 7) is 1.76. The summed E-state index contributed by atoms with van der Waals surface area (Å²) in [5, 5.41) is 10.9. The molecular formula is C14H12O4S. The average Bonchev–Trinajstić information content (AvgIpc) is 2.92. The maximum atomic E-state index is 12.0. The van der Waals surface area contributed by atoms with Crippen LogP contribution in [0.15, 0.2) is 41.8 Å². The van der Waals surface area contributed by atoms with Gasteiger partial charge in [0.15, 0.2) is 0 Å². The SMILES string of the molecule is C[C@H](OC(=O)c1ccccc1C(=O)O)c1cccs1. The number of aromatic carboxylic acids is 1. The van der Waals surface area contributed by atoms with Crippen molar-refractivity contribution in [1.82, 2.24) is 0 Å². The second kappa shape index (κ2) is 5.67. The number of ether oxygens (including phenoxy) is 1. The van der Waals surface area contributed by atoms with Gasteiger partial charge in [-0.05, 0) is 30.5 Å². The van der Waals surface area contributed by atoms with Crippen LogP contribution in [0.1, 0.15) is 38.6 Å². The Morgan fingerprint density at radius 1 is 1.16 bits per heavy atom. The molecule has 0 aliphatic rings. The molecule has 0 saturated heterocycles. The standard InChI is InChI=1S/C14H12O4S/c1-9(12-7-4-8-19-12)18-14(17)11-6-3-2-5-10(11)13(15)16/h2-9H,1H3,(H,15,16)/t9-/m0/s1. The van der Waals surface area contributed by atoms with E-state index >= 15 is 0 Å². The van der Waals surface area contributed by atoms with Crippen molar-refractivity contribution in [2.24, 2.45) is 0 Å². The molecule has 1 heterocycles. The molecule has 0 fully saturated rings. The molecule has 0 radical (unpaired) electrons. The summed E-state index contributed by atoms with van der Waals surface area (Å²) in [4.78, 5) is 23.9. The second-order valence-electron chi connectivity index (χ2n) is 3.91. The fraction of sp³-hybridized carbons (Fsp3) is 0.143. The molecule has 0 unspecified atom stereocenters. The number of benzene rings is 1. The zero-order valence-electron chi connectivity index (χ0n) is 10.2. The first-order valence-electron chi connectivity index (χ1n) is 5.66. The predicted octanol–water partition coefficient (Wildman–Crippen LogP) is 3.36. The highest BCUT2D eigenvalue weighted by atomic mass is 32.1. The Hall–Kier alpha value is -2.14. The smallest absolute Gasteiger partial charge is 0.339 e. The van der Waals surface area contributed by atoms with Gasteiger partial charge in [0.25, 0.3) is 0 Å². The Morgan fingerprint density at radius 3 is 2.42 bits per heavy atom. The molecule has 1 aromatic carbocycles. The van der Waals surface area contributed by atoms with Crippen molar-refractivity contribution in [1.29, 1.82) is 0 Å². The largest absolute Gasteiger partial charge is 0.478 e. The normalized spacial score (nSPS) is 11.8. The lowest BCUT2D eigenvalue weighted by Gasteiger charge is -2.12. The van der Waals surface area contributed by atoms with Crippen molar-refractivity contribution < 1.29 is 19.4 Å². The summed E-state index contributed by atoms with van der Waals surface area (Å²) in [6, 6.07) is 9.75. The average molecular weight is 276 g/mol. The maximum Gasteiger partial charge on any atom is 0.339 e. The van der Waals surface area contributed by atoms with E-state index in [2.05, 4.69) is 0 Å². The van der Waals surface area contributed by atoms with Crippen LogP contribution in [-0.2, 0) is 4.74 Å². The summed E-state index contributed by atoms with van der Waals surface area (Å²) in [6.07, 6.45) is -0.394. The molecule has 4 nitrogen and oxygen atoms in total. The third kappa shape index (κ3) is 3.00. The maximum absolute atomic E-state index is 12.0. The Labute approximate surface area is 114 Å². The number of carbonyl (C=O) groups excluding carboxylic acids is 1. The molecule has 19 heavy (non-hydrogen) atoms. The van der Waals surface area contributed by atoms with Gasteiger partial charge in [-0.1, -0.05) is 18.2 Å². The van der Waals surface area contributed by atoms with E-state index in [9.17, 15) is 9.59 Å². The van der Waals surface area contributed by atoms with Gasteiger partial charge in [0, 0.05) is 4.88 Å². The minimum atomic E-state index is -1.14. The third-order valence-electron chi connectivity index (χ3n) is 2.61. The van der Waals surface area contributed by atoms with Crippen LogP contribution in [0, 0.1) is 0 Å². The van der Waals surface area contributed by atoms with Gasteiger partial charge < -0.3 is 9.84 Å². The van der Waals surface area contributed by atoms with E-state index in [0.29, 0.717) is 0 Å². The topological polar surface area (TPSA) is 63.6 Å². The van der Waals surface area contributed by atoms with Gasteiger partial charge in [-0.15, -0.1) is 11.3 Å². The molecule has 0 aliphatic carbocycles. The number of carboxylic acids is 1. The van der Waals surface area contributed by atoms with Crippen LogP contribution in [-0.4, -0.2) is 17.0 Å². The lowest BCUT2D eigenvalue weighted by Crippen LogP contribution is -2.13. The molecule has 2 rings (SSSR count). The van der Waals surface area contributed by atoms with Crippen LogP contribution in [0.2, 0.25) is 0 Å². The van der Waals surface area contributed by atoms with Gasteiger partial charge in [0.05, 0.1) is 11.1 Å². The first-order chi connectivity index (χ1) is 9.09. The number of rotatable bonds is 4. The highest BCUT2D eigenvalue weighted by molar-refractivity contribution is 7.10. The fourth-order valence-electron chi connectivity index (χ4n) is 1.65. The van der Waals surface area contributed by atoms with Gasteiger partial charge in [-0.2, -0.15) is 0 Å². The molecule has 2 aromatic rings. The lowest BCUT2D eigenvalue weighted by atomic mass is 10.1. The zero-order valence-corrected chi connectivity index (χ0v) is 11.0. The summed E-state index contributed by atoms with van der Waals surface area (Å²) in [5.41, 5.74) is 0.0179. The zero-order chi connectivity index (χ0) is 13.8. The van der Waals surface area contributed by atoms with Crippen LogP contribution < -0.4 is 0 Å². The molecule has 0 spiro atoms. The van der Waals surface area contributed by atoms with Gasteiger partial charge in [0.1, 0.15) is 6.10 Å². The Bertz CT molecular complexity index is 589. The monoisotopic (exact) mass is 276 g/mol. The van der Waals surface area contributed by atoms with Crippen molar-refractivity contribution in [3.05, 3.63) is 57.8 Å².